The number of amides is 1. The lowest BCUT2D eigenvalue weighted by molar-refractivity contribution is 0.0620. The molecule has 7 heteroatoms. The molecule has 5 rings (SSSR count). The third-order valence-corrected chi connectivity index (χ3v) is 5.94. The van der Waals surface area contributed by atoms with Crippen LogP contribution in [0.4, 0.5) is 0 Å². The van der Waals surface area contributed by atoms with Gasteiger partial charge in [-0.05, 0) is 49.7 Å². The van der Waals surface area contributed by atoms with E-state index in [1.165, 1.54) is 11.3 Å². The first-order chi connectivity index (χ1) is 15.1. The molecule has 0 bridgehead atoms. The molecule has 1 aromatic carbocycles. The first-order valence-corrected chi connectivity index (χ1v) is 10.7. The van der Waals surface area contributed by atoms with Gasteiger partial charge in [0.15, 0.2) is 5.69 Å². The standard InChI is InChI=1S/C24H26N6O/c1-18-8-10-29-22(19(2)25-23(29)16-18)17-27-12-14-28(15-13-27)24(31)21-9-11-30(26-21)20-6-4-3-5-7-20/h3-11,16H,12-15,17H2,1-2H3. The van der Waals surface area contributed by atoms with Gasteiger partial charge in [-0.25, -0.2) is 9.67 Å². The molecule has 0 radical (unpaired) electrons. The Kier molecular flexibility index (Phi) is 5.03. The zero-order valence-electron chi connectivity index (χ0n) is 17.9. The third-order valence-electron chi connectivity index (χ3n) is 5.94. The number of hydrogen-bond acceptors (Lipinski definition) is 4. The number of hydrogen-bond donors (Lipinski definition) is 0. The molecule has 7 nitrogen and oxygen atoms in total. The highest BCUT2D eigenvalue weighted by Crippen LogP contribution is 2.17. The SMILES string of the molecule is Cc1ccn2c(CN3CCN(C(=O)c4ccn(-c5ccccc5)n4)CC3)c(C)nc2c1. The maximum atomic E-state index is 12.9. The molecule has 1 amide bonds. The molecule has 4 aromatic rings. The Morgan fingerprint density at radius 3 is 2.52 bits per heavy atom. The summed E-state index contributed by atoms with van der Waals surface area (Å²) in [6.07, 6.45) is 3.94. The van der Waals surface area contributed by atoms with Crippen molar-refractivity contribution in [1.29, 1.82) is 0 Å². The first kappa shape index (κ1) is 19.5. The van der Waals surface area contributed by atoms with Gasteiger partial charge >= 0.3 is 0 Å². The molecule has 158 valence electrons. The predicted octanol–water partition coefficient (Wildman–Crippen LogP) is 3.09. The van der Waals surface area contributed by atoms with Crippen molar-refractivity contribution in [3.8, 4) is 5.69 Å². The summed E-state index contributed by atoms with van der Waals surface area (Å²) in [5.74, 6) is -0.00390. The monoisotopic (exact) mass is 414 g/mol. The number of para-hydroxylation sites is 1. The fraction of sp³-hybridized carbons (Fsp3) is 0.292. The molecule has 0 spiro atoms. The molecule has 1 fully saturated rings. The van der Waals surface area contributed by atoms with Crippen molar-refractivity contribution in [3.63, 3.8) is 0 Å². The van der Waals surface area contributed by atoms with Crippen LogP contribution in [0.1, 0.15) is 27.4 Å². The largest absolute Gasteiger partial charge is 0.335 e. The number of rotatable bonds is 4. The molecule has 0 saturated carbocycles. The van der Waals surface area contributed by atoms with Crippen LogP contribution in [-0.4, -0.2) is 61.1 Å². The van der Waals surface area contributed by atoms with Crippen molar-refractivity contribution in [2.75, 3.05) is 26.2 Å². The quantitative estimate of drug-likeness (QED) is 0.515. The van der Waals surface area contributed by atoms with E-state index in [2.05, 4.69) is 46.6 Å². The number of pyridine rings is 1. The summed E-state index contributed by atoms with van der Waals surface area (Å²) < 4.78 is 3.93. The minimum absolute atomic E-state index is 0.00390. The van der Waals surface area contributed by atoms with Crippen LogP contribution in [0.15, 0.2) is 60.9 Å². The van der Waals surface area contributed by atoms with Gasteiger partial charge < -0.3 is 9.30 Å². The van der Waals surface area contributed by atoms with Crippen LogP contribution in [0.5, 0.6) is 0 Å². The van der Waals surface area contributed by atoms with E-state index in [1.807, 2.05) is 41.4 Å². The number of carbonyl (C=O) groups is 1. The maximum Gasteiger partial charge on any atom is 0.274 e. The second-order valence-corrected chi connectivity index (χ2v) is 8.13. The Morgan fingerprint density at radius 1 is 0.968 bits per heavy atom. The van der Waals surface area contributed by atoms with E-state index in [0.29, 0.717) is 18.8 Å². The van der Waals surface area contributed by atoms with Crippen LogP contribution in [0.2, 0.25) is 0 Å². The van der Waals surface area contributed by atoms with Gasteiger partial charge in [-0.1, -0.05) is 18.2 Å². The summed E-state index contributed by atoms with van der Waals surface area (Å²) >= 11 is 0. The van der Waals surface area contributed by atoms with E-state index in [1.54, 1.807) is 10.7 Å². The number of aromatic nitrogens is 4. The predicted molar refractivity (Wildman–Crippen MR) is 119 cm³/mol. The van der Waals surface area contributed by atoms with E-state index in [0.717, 1.165) is 36.7 Å². The molecule has 0 N–H and O–H groups in total. The number of carbonyl (C=O) groups excluding carboxylic acids is 1. The van der Waals surface area contributed by atoms with E-state index >= 15 is 0 Å². The summed E-state index contributed by atoms with van der Waals surface area (Å²) in [5.41, 5.74) is 5.93. The minimum Gasteiger partial charge on any atom is -0.335 e. The second kappa shape index (κ2) is 8.00. The lowest BCUT2D eigenvalue weighted by Crippen LogP contribution is -2.48. The Morgan fingerprint density at radius 2 is 1.74 bits per heavy atom. The van der Waals surface area contributed by atoms with Crippen molar-refractivity contribution in [2.45, 2.75) is 20.4 Å². The number of piperazine rings is 1. The van der Waals surface area contributed by atoms with Crippen LogP contribution in [0.3, 0.4) is 0 Å². The molecule has 4 heterocycles. The van der Waals surface area contributed by atoms with Gasteiger partial charge in [0.25, 0.3) is 5.91 Å². The first-order valence-electron chi connectivity index (χ1n) is 10.7. The highest BCUT2D eigenvalue weighted by molar-refractivity contribution is 5.92. The number of benzene rings is 1. The van der Waals surface area contributed by atoms with Crippen LogP contribution in [-0.2, 0) is 6.54 Å². The number of imidazole rings is 1. The molecule has 1 aliphatic heterocycles. The zero-order chi connectivity index (χ0) is 21.4. The molecular weight excluding hydrogens is 388 g/mol. The Labute approximate surface area is 181 Å². The molecule has 3 aromatic heterocycles. The van der Waals surface area contributed by atoms with Crippen LogP contribution < -0.4 is 0 Å². The molecule has 0 atom stereocenters. The minimum atomic E-state index is -0.00390. The van der Waals surface area contributed by atoms with Gasteiger partial charge in [0, 0.05) is 45.1 Å². The summed E-state index contributed by atoms with van der Waals surface area (Å²) in [4.78, 5) is 22.0. The van der Waals surface area contributed by atoms with Crippen LogP contribution in [0.25, 0.3) is 11.3 Å². The van der Waals surface area contributed by atoms with Gasteiger partial charge in [0.05, 0.1) is 17.1 Å². The smallest absolute Gasteiger partial charge is 0.274 e. The number of fused-ring (bicyclic) bond motifs is 1. The van der Waals surface area contributed by atoms with E-state index in [-0.39, 0.29) is 5.91 Å². The zero-order valence-corrected chi connectivity index (χ0v) is 17.9. The summed E-state index contributed by atoms with van der Waals surface area (Å²) in [6.45, 7) is 8.06. The average molecular weight is 415 g/mol. The van der Waals surface area contributed by atoms with Crippen LogP contribution >= 0.6 is 0 Å². The van der Waals surface area contributed by atoms with Gasteiger partial charge in [0.2, 0.25) is 0 Å². The van der Waals surface area contributed by atoms with Crippen molar-refractivity contribution in [1.82, 2.24) is 29.0 Å². The van der Waals surface area contributed by atoms with E-state index in [4.69, 9.17) is 4.98 Å². The van der Waals surface area contributed by atoms with E-state index < -0.39 is 0 Å². The van der Waals surface area contributed by atoms with Crippen LogP contribution in [0, 0.1) is 13.8 Å². The maximum absolute atomic E-state index is 12.9. The van der Waals surface area contributed by atoms with Gasteiger partial charge in [0.1, 0.15) is 5.65 Å². The Balaban J connectivity index is 1.23. The summed E-state index contributed by atoms with van der Waals surface area (Å²) in [5, 5.41) is 4.49. The lowest BCUT2D eigenvalue weighted by Gasteiger charge is -2.34. The topological polar surface area (TPSA) is 58.7 Å². The van der Waals surface area contributed by atoms with Gasteiger partial charge in [-0.3, -0.25) is 9.69 Å². The number of nitrogens with zero attached hydrogens (tertiary/aromatic N) is 6. The normalized spacial score (nSPS) is 15.0. The fourth-order valence-electron chi connectivity index (χ4n) is 4.15. The molecule has 0 unspecified atom stereocenters. The van der Waals surface area contributed by atoms with E-state index in [9.17, 15) is 4.79 Å². The summed E-state index contributed by atoms with van der Waals surface area (Å²) in [6, 6.07) is 15.9. The van der Waals surface area contributed by atoms with Crippen molar-refractivity contribution < 1.29 is 4.79 Å². The molecular formula is C24H26N6O. The van der Waals surface area contributed by atoms with Gasteiger partial charge in [-0.15, -0.1) is 0 Å². The van der Waals surface area contributed by atoms with Crippen molar-refractivity contribution >= 4 is 11.6 Å². The fourth-order valence-corrected chi connectivity index (χ4v) is 4.15. The highest BCUT2D eigenvalue weighted by atomic mass is 16.2. The highest BCUT2D eigenvalue weighted by Gasteiger charge is 2.25. The molecule has 1 saturated heterocycles. The average Bonchev–Trinajstić information content (AvgIpc) is 3.39. The Hall–Kier alpha value is -3.45. The summed E-state index contributed by atoms with van der Waals surface area (Å²) in [7, 11) is 0. The van der Waals surface area contributed by atoms with Gasteiger partial charge in [-0.2, -0.15) is 5.10 Å². The lowest BCUT2D eigenvalue weighted by atomic mass is 10.2. The number of aryl methyl sites for hydroxylation is 2. The molecule has 0 aliphatic carbocycles. The molecule has 31 heavy (non-hydrogen) atoms. The second-order valence-electron chi connectivity index (χ2n) is 8.13. The van der Waals surface area contributed by atoms with Crippen molar-refractivity contribution in [2.24, 2.45) is 0 Å². The Bertz CT molecular complexity index is 1220. The van der Waals surface area contributed by atoms with Crippen molar-refractivity contribution in [3.05, 3.63) is 83.6 Å². The third kappa shape index (κ3) is 3.84. The molecule has 1 aliphatic rings.